The molecular formula is C19H28N4O2S. The van der Waals surface area contributed by atoms with Gasteiger partial charge in [-0.1, -0.05) is 19.1 Å². The van der Waals surface area contributed by atoms with Crippen LogP contribution >= 0.6 is 11.3 Å². The molecule has 26 heavy (non-hydrogen) atoms. The molecule has 0 saturated carbocycles. The van der Waals surface area contributed by atoms with Crippen molar-refractivity contribution >= 4 is 33.3 Å². The molecule has 0 fully saturated rings. The lowest BCUT2D eigenvalue weighted by Crippen LogP contribution is -2.32. The number of ether oxygens (including phenoxy) is 1. The first kappa shape index (κ1) is 20.3. The highest BCUT2D eigenvalue weighted by atomic mass is 32.1. The molecule has 1 unspecified atom stereocenters. The Hall–Kier alpha value is -1.99. The molecule has 0 bridgehead atoms. The molecule has 142 valence electrons. The Labute approximate surface area is 159 Å². The van der Waals surface area contributed by atoms with E-state index < -0.39 is 0 Å². The third-order valence-electron chi connectivity index (χ3n) is 4.25. The van der Waals surface area contributed by atoms with Gasteiger partial charge in [0.15, 0.2) is 0 Å². The molecule has 0 aliphatic heterocycles. The molecule has 1 amide bonds. The molecular weight excluding hydrogens is 348 g/mol. The van der Waals surface area contributed by atoms with Gasteiger partial charge in [-0.15, -0.1) is 11.3 Å². The van der Waals surface area contributed by atoms with Crippen LogP contribution in [-0.4, -0.2) is 53.6 Å². The number of aryl methyl sites for hydroxylation is 1. The summed E-state index contributed by atoms with van der Waals surface area (Å²) >= 11 is 1.42. The number of hydrogen-bond acceptors (Lipinski definition) is 6. The minimum atomic E-state index is 0.0193. The Kier molecular flexibility index (Phi) is 7.11. The molecule has 0 aliphatic rings. The standard InChI is InChI=1S/C19H28N4O2S/c1-7-14(10-25-6)22-17-15-13(5)16(26-18(15)21-11-20-17)19(24)23(8-2)9-12(3)4/h11,14H,3,7-10H2,1-2,4-6H3,(H,20,21,22). The Morgan fingerprint density at radius 3 is 2.73 bits per heavy atom. The second-order valence-electron chi connectivity index (χ2n) is 6.44. The van der Waals surface area contributed by atoms with Crippen molar-refractivity contribution in [2.75, 3.05) is 32.1 Å². The average molecular weight is 377 g/mol. The van der Waals surface area contributed by atoms with Crippen LogP contribution in [0.2, 0.25) is 0 Å². The fourth-order valence-electron chi connectivity index (χ4n) is 2.84. The van der Waals surface area contributed by atoms with Crippen molar-refractivity contribution in [2.45, 2.75) is 40.2 Å². The van der Waals surface area contributed by atoms with Crippen molar-refractivity contribution in [1.82, 2.24) is 14.9 Å². The first-order valence-electron chi connectivity index (χ1n) is 8.86. The third kappa shape index (κ3) is 4.40. The van der Waals surface area contributed by atoms with E-state index in [1.165, 1.54) is 11.3 Å². The Morgan fingerprint density at radius 2 is 2.15 bits per heavy atom. The summed E-state index contributed by atoms with van der Waals surface area (Å²) in [4.78, 5) is 25.1. The molecule has 7 heteroatoms. The molecule has 2 aromatic rings. The molecule has 0 spiro atoms. The maximum Gasteiger partial charge on any atom is 0.264 e. The topological polar surface area (TPSA) is 67.4 Å². The lowest BCUT2D eigenvalue weighted by Gasteiger charge is -2.20. The number of nitrogens with zero attached hydrogens (tertiary/aromatic N) is 3. The minimum Gasteiger partial charge on any atom is -0.383 e. The number of hydrogen-bond donors (Lipinski definition) is 1. The van der Waals surface area contributed by atoms with E-state index in [-0.39, 0.29) is 11.9 Å². The molecule has 1 atom stereocenters. The van der Waals surface area contributed by atoms with Crippen molar-refractivity contribution in [3.63, 3.8) is 0 Å². The fourth-order valence-corrected chi connectivity index (χ4v) is 3.95. The smallest absolute Gasteiger partial charge is 0.264 e. The van der Waals surface area contributed by atoms with Crippen molar-refractivity contribution in [2.24, 2.45) is 0 Å². The van der Waals surface area contributed by atoms with Crippen LogP contribution in [-0.2, 0) is 4.74 Å². The maximum absolute atomic E-state index is 13.0. The fraction of sp³-hybridized carbons (Fsp3) is 0.526. The van der Waals surface area contributed by atoms with Gasteiger partial charge < -0.3 is 15.0 Å². The SMILES string of the molecule is C=C(C)CN(CC)C(=O)c1sc2ncnc(NC(CC)COC)c2c1C. The molecule has 0 radical (unpaired) electrons. The summed E-state index contributed by atoms with van der Waals surface area (Å²) in [6, 6.07) is 0.159. The quantitative estimate of drug-likeness (QED) is 0.673. The first-order valence-corrected chi connectivity index (χ1v) is 9.67. The van der Waals surface area contributed by atoms with Crippen LogP contribution in [0.15, 0.2) is 18.5 Å². The van der Waals surface area contributed by atoms with Gasteiger partial charge in [-0.2, -0.15) is 0 Å². The number of anilines is 1. The summed E-state index contributed by atoms with van der Waals surface area (Å²) in [5.41, 5.74) is 1.89. The van der Waals surface area contributed by atoms with Gasteiger partial charge in [-0.25, -0.2) is 9.97 Å². The summed E-state index contributed by atoms with van der Waals surface area (Å²) in [7, 11) is 1.69. The molecule has 2 aromatic heterocycles. The predicted octanol–water partition coefficient (Wildman–Crippen LogP) is 3.87. The summed E-state index contributed by atoms with van der Waals surface area (Å²) in [6.45, 7) is 13.7. The highest BCUT2D eigenvalue weighted by molar-refractivity contribution is 7.20. The normalized spacial score (nSPS) is 12.2. The van der Waals surface area contributed by atoms with Crippen LogP contribution in [0, 0.1) is 6.92 Å². The Bertz CT molecular complexity index is 787. The van der Waals surface area contributed by atoms with Gasteiger partial charge in [0, 0.05) is 20.2 Å². The van der Waals surface area contributed by atoms with Gasteiger partial charge in [0.05, 0.1) is 22.9 Å². The highest BCUT2D eigenvalue weighted by Crippen LogP contribution is 2.34. The Morgan fingerprint density at radius 1 is 1.42 bits per heavy atom. The molecule has 0 aliphatic carbocycles. The summed E-state index contributed by atoms with van der Waals surface area (Å²) in [5, 5.41) is 4.35. The Balaban J connectivity index is 2.42. The van der Waals surface area contributed by atoms with E-state index in [9.17, 15) is 4.79 Å². The van der Waals surface area contributed by atoms with Gasteiger partial charge in [0.2, 0.25) is 0 Å². The molecule has 2 heterocycles. The number of fused-ring (bicyclic) bond motifs is 1. The van der Waals surface area contributed by atoms with E-state index in [0.29, 0.717) is 24.6 Å². The van der Waals surface area contributed by atoms with Gasteiger partial charge in [0.25, 0.3) is 5.91 Å². The largest absolute Gasteiger partial charge is 0.383 e. The van der Waals surface area contributed by atoms with E-state index >= 15 is 0 Å². The summed E-state index contributed by atoms with van der Waals surface area (Å²) in [5.74, 6) is 0.778. The molecule has 6 nitrogen and oxygen atoms in total. The number of thiophene rings is 1. The molecule has 1 N–H and O–H groups in total. The summed E-state index contributed by atoms with van der Waals surface area (Å²) < 4.78 is 5.26. The monoisotopic (exact) mass is 376 g/mol. The van der Waals surface area contributed by atoms with E-state index in [0.717, 1.165) is 33.6 Å². The zero-order chi connectivity index (χ0) is 19.3. The van der Waals surface area contributed by atoms with Gasteiger partial charge in [-0.3, -0.25) is 4.79 Å². The lowest BCUT2D eigenvalue weighted by molar-refractivity contribution is 0.0782. The van der Waals surface area contributed by atoms with E-state index in [4.69, 9.17) is 4.74 Å². The number of amides is 1. The van der Waals surface area contributed by atoms with Crippen molar-refractivity contribution in [1.29, 1.82) is 0 Å². The van der Waals surface area contributed by atoms with Crippen molar-refractivity contribution < 1.29 is 9.53 Å². The minimum absolute atomic E-state index is 0.0193. The van der Waals surface area contributed by atoms with E-state index in [2.05, 4.69) is 28.8 Å². The average Bonchev–Trinajstić information content (AvgIpc) is 2.96. The van der Waals surface area contributed by atoms with Gasteiger partial charge in [0.1, 0.15) is 17.0 Å². The van der Waals surface area contributed by atoms with Crippen molar-refractivity contribution in [3.05, 3.63) is 28.9 Å². The highest BCUT2D eigenvalue weighted by Gasteiger charge is 2.23. The number of rotatable bonds is 9. The number of likely N-dealkylation sites (N-methyl/N-ethyl adjacent to an activating group) is 1. The van der Waals surface area contributed by atoms with Crippen LogP contribution in [0.1, 0.15) is 42.4 Å². The zero-order valence-corrected chi connectivity index (χ0v) is 17.1. The first-order chi connectivity index (χ1) is 12.4. The summed E-state index contributed by atoms with van der Waals surface area (Å²) in [6.07, 6.45) is 2.45. The van der Waals surface area contributed by atoms with E-state index in [1.54, 1.807) is 18.3 Å². The van der Waals surface area contributed by atoms with Crippen LogP contribution < -0.4 is 5.32 Å². The maximum atomic E-state index is 13.0. The van der Waals surface area contributed by atoms with Crippen LogP contribution in [0.4, 0.5) is 5.82 Å². The van der Waals surface area contributed by atoms with Crippen LogP contribution in [0.25, 0.3) is 10.2 Å². The zero-order valence-electron chi connectivity index (χ0n) is 16.3. The second kappa shape index (κ2) is 9.09. The number of carbonyl (C=O) groups is 1. The number of aromatic nitrogens is 2. The number of carbonyl (C=O) groups excluding carboxylic acids is 1. The predicted molar refractivity (Wildman–Crippen MR) is 108 cm³/mol. The number of nitrogens with one attached hydrogen (secondary N) is 1. The number of methoxy groups -OCH3 is 1. The second-order valence-corrected chi connectivity index (χ2v) is 7.44. The van der Waals surface area contributed by atoms with Gasteiger partial charge in [-0.05, 0) is 32.8 Å². The van der Waals surface area contributed by atoms with Crippen LogP contribution in [0.5, 0.6) is 0 Å². The van der Waals surface area contributed by atoms with Crippen LogP contribution in [0.3, 0.4) is 0 Å². The van der Waals surface area contributed by atoms with Crippen molar-refractivity contribution in [3.8, 4) is 0 Å². The third-order valence-corrected chi connectivity index (χ3v) is 5.44. The van der Waals surface area contributed by atoms with Gasteiger partial charge >= 0.3 is 0 Å². The molecule has 2 rings (SSSR count). The van der Waals surface area contributed by atoms with E-state index in [1.807, 2.05) is 20.8 Å². The lowest BCUT2D eigenvalue weighted by atomic mass is 10.1. The molecule has 0 saturated heterocycles. The molecule has 0 aromatic carbocycles.